The van der Waals surface area contributed by atoms with E-state index in [0.29, 0.717) is 0 Å². The van der Waals surface area contributed by atoms with Crippen LogP contribution in [0, 0.1) is 17.8 Å². The van der Waals surface area contributed by atoms with E-state index in [1.54, 1.807) is 0 Å². The molecule has 4 rings (SSSR count). The highest BCUT2D eigenvalue weighted by atomic mass is 15.1. The number of nitrogens with one attached hydrogen (secondary N) is 2. The monoisotopic (exact) mass is 256 g/mol. The van der Waals surface area contributed by atoms with Crippen LogP contribution >= 0.6 is 0 Å². The van der Waals surface area contributed by atoms with E-state index in [0.717, 1.165) is 47.0 Å². The maximum absolute atomic E-state index is 5.78. The second-order valence-electron chi connectivity index (χ2n) is 6.18. The lowest BCUT2D eigenvalue weighted by molar-refractivity contribution is 0.348. The molecule has 4 heteroatoms. The predicted molar refractivity (Wildman–Crippen MR) is 77.9 cm³/mol. The van der Waals surface area contributed by atoms with E-state index in [2.05, 4.69) is 15.3 Å². The third kappa shape index (κ3) is 1.95. The summed E-state index contributed by atoms with van der Waals surface area (Å²) in [7, 11) is 0. The molecule has 2 bridgehead atoms. The Morgan fingerprint density at radius 3 is 3.05 bits per heavy atom. The summed E-state index contributed by atoms with van der Waals surface area (Å²) in [5.41, 5.74) is 8.54. The Hall–Kier alpha value is -1.71. The Morgan fingerprint density at radius 2 is 2.26 bits per heavy atom. The van der Waals surface area contributed by atoms with Crippen LogP contribution in [0.5, 0.6) is 0 Å². The molecule has 4 nitrogen and oxygen atoms in total. The van der Waals surface area contributed by atoms with Crippen molar-refractivity contribution in [1.29, 1.82) is 0 Å². The molecule has 2 saturated carbocycles. The van der Waals surface area contributed by atoms with Crippen LogP contribution in [0.1, 0.15) is 25.7 Å². The second kappa shape index (κ2) is 4.15. The van der Waals surface area contributed by atoms with Gasteiger partial charge in [-0.3, -0.25) is 0 Å². The molecule has 2 aromatic rings. The lowest BCUT2D eigenvalue weighted by atomic mass is 9.89. The highest BCUT2D eigenvalue weighted by Gasteiger charge is 2.39. The molecule has 19 heavy (non-hydrogen) atoms. The molecule has 1 aromatic heterocycles. The van der Waals surface area contributed by atoms with Gasteiger partial charge in [0.15, 0.2) is 0 Å². The molecule has 2 aliphatic rings. The molecule has 1 heterocycles. The van der Waals surface area contributed by atoms with Crippen LogP contribution in [-0.4, -0.2) is 16.5 Å². The van der Waals surface area contributed by atoms with Crippen molar-refractivity contribution in [2.45, 2.75) is 25.7 Å². The summed E-state index contributed by atoms with van der Waals surface area (Å²) in [6.07, 6.45) is 5.77. The average Bonchev–Trinajstić information content (AvgIpc) is 3.09. The number of aromatic amines is 1. The number of aromatic nitrogens is 2. The van der Waals surface area contributed by atoms with Crippen LogP contribution in [0.25, 0.3) is 11.0 Å². The highest BCUT2D eigenvalue weighted by molar-refractivity contribution is 5.80. The van der Waals surface area contributed by atoms with Gasteiger partial charge in [0.25, 0.3) is 0 Å². The zero-order chi connectivity index (χ0) is 12.8. The fourth-order valence-electron chi connectivity index (χ4n) is 3.97. The largest absolute Gasteiger partial charge is 0.399 e. The van der Waals surface area contributed by atoms with Gasteiger partial charge in [0.05, 0.1) is 11.0 Å². The standard InChI is InChI=1S/C15H20N4/c16-12-3-4-13-14(7-12)19-15(18-13)17-8-11-6-9-1-2-10(11)5-9/h3-4,7,9-11H,1-2,5-6,8,16H2,(H2,17,18,19). The zero-order valence-corrected chi connectivity index (χ0v) is 11.0. The van der Waals surface area contributed by atoms with E-state index in [1.165, 1.54) is 25.7 Å². The SMILES string of the molecule is Nc1ccc2nc(NCC3CC4CCC3C4)[nH]c2c1. The number of nitrogen functional groups attached to an aromatic ring is 1. The number of H-pyrrole nitrogens is 1. The normalized spacial score (nSPS) is 29.2. The topological polar surface area (TPSA) is 66.7 Å². The van der Waals surface area contributed by atoms with Crippen molar-refractivity contribution in [1.82, 2.24) is 9.97 Å². The lowest BCUT2D eigenvalue weighted by Crippen LogP contribution is -2.20. The molecule has 3 atom stereocenters. The summed E-state index contributed by atoms with van der Waals surface area (Å²) in [5.74, 6) is 3.69. The van der Waals surface area contributed by atoms with Gasteiger partial charge in [0, 0.05) is 12.2 Å². The van der Waals surface area contributed by atoms with Crippen molar-refractivity contribution >= 4 is 22.7 Å². The first kappa shape index (κ1) is 11.1. The Labute approximate surface area is 112 Å². The van der Waals surface area contributed by atoms with Gasteiger partial charge in [-0.25, -0.2) is 4.98 Å². The highest BCUT2D eigenvalue weighted by Crippen LogP contribution is 2.48. The van der Waals surface area contributed by atoms with Crippen molar-refractivity contribution < 1.29 is 0 Å². The molecular formula is C15H20N4. The first-order valence-corrected chi connectivity index (χ1v) is 7.27. The van der Waals surface area contributed by atoms with E-state index in [4.69, 9.17) is 5.73 Å². The Kier molecular flexibility index (Phi) is 2.43. The van der Waals surface area contributed by atoms with Crippen LogP contribution in [0.2, 0.25) is 0 Å². The van der Waals surface area contributed by atoms with Crippen molar-refractivity contribution in [2.24, 2.45) is 17.8 Å². The molecule has 0 amide bonds. The summed E-state index contributed by atoms with van der Waals surface area (Å²) < 4.78 is 0. The van der Waals surface area contributed by atoms with Crippen LogP contribution < -0.4 is 11.1 Å². The zero-order valence-electron chi connectivity index (χ0n) is 11.0. The van der Waals surface area contributed by atoms with Gasteiger partial charge in [-0.15, -0.1) is 0 Å². The molecule has 100 valence electrons. The van der Waals surface area contributed by atoms with Crippen molar-refractivity contribution in [3.63, 3.8) is 0 Å². The van der Waals surface area contributed by atoms with E-state index < -0.39 is 0 Å². The van der Waals surface area contributed by atoms with Gasteiger partial charge in [-0.1, -0.05) is 6.42 Å². The van der Waals surface area contributed by atoms with Gasteiger partial charge in [0.2, 0.25) is 5.95 Å². The number of rotatable bonds is 3. The second-order valence-corrected chi connectivity index (χ2v) is 6.18. The third-order valence-electron chi connectivity index (χ3n) is 4.92. The molecule has 3 unspecified atom stereocenters. The van der Waals surface area contributed by atoms with Gasteiger partial charge >= 0.3 is 0 Å². The number of fused-ring (bicyclic) bond motifs is 3. The van der Waals surface area contributed by atoms with E-state index in [-0.39, 0.29) is 0 Å². The Morgan fingerprint density at radius 1 is 1.32 bits per heavy atom. The average molecular weight is 256 g/mol. The fraction of sp³-hybridized carbons (Fsp3) is 0.533. The maximum Gasteiger partial charge on any atom is 0.201 e. The van der Waals surface area contributed by atoms with Gasteiger partial charge < -0.3 is 16.0 Å². The molecule has 0 aliphatic heterocycles. The summed E-state index contributed by atoms with van der Waals surface area (Å²) in [6, 6.07) is 5.79. The smallest absolute Gasteiger partial charge is 0.201 e. The number of anilines is 2. The maximum atomic E-state index is 5.78. The van der Waals surface area contributed by atoms with Gasteiger partial charge in [0.1, 0.15) is 0 Å². The fourth-order valence-corrected chi connectivity index (χ4v) is 3.97. The Balaban J connectivity index is 1.46. The quantitative estimate of drug-likeness (QED) is 0.740. The molecule has 0 saturated heterocycles. The van der Waals surface area contributed by atoms with Crippen molar-refractivity contribution in [3.8, 4) is 0 Å². The minimum atomic E-state index is 0.774. The molecule has 2 fully saturated rings. The summed E-state index contributed by atoms with van der Waals surface area (Å²) in [4.78, 5) is 7.86. The number of hydrogen-bond acceptors (Lipinski definition) is 3. The minimum absolute atomic E-state index is 0.774. The van der Waals surface area contributed by atoms with Gasteiger partial charge in [-0.05, 0) is 55.2 Å². The molecule has 4 N–H and O–H groups in total. The number of nitrogens with zero attached hydrogens (tertiary/aromatic N) is 1. The summed E-state index contributed by atoms with van der Waals surface area (Å²) >= 11 is 0. The molecule has 2 aliphatic carbocycles. The number of benzene rings is 1. The van der Waals surface area contributed by atoms with Crippen molar-refractivity contribution in [3.05, 3.63) is 18.2 Å². The van der Waals surface area contributed by atoms with Gasteiger partial charge in [-0.2, -0.15) is 0 Å². The molecule has 0 spiro atoms. The molecular weight excluding hydrogens is 236 g/mol. The van der Waals surface area contributed by atoms with Crippen LogP contribution in [0.4, 0.5) is 11.6 Å². The van der Waals surface area contributed by atoms with Crippen molar-refractivity contribution in [2.75, 3.05) is 17.6 Å². The van der Waals surface area contributed by atoms with Crippen LogP contribution in [0.3, 0.4) is 0 Å². The third-order valence-corrected chi connectivity index (χ3v) is 4.92. The van der Waals surface area contributed by atoms with E-state index in [1.807, 2.05) is 18.2 Å². The summed E-state index contributed by atoms with van der Waals surface area (Å²) in [6.45, 7) is 1.05. The number of hydrogen-bond donors (Lipinski definition) is 3. The minimum Gasteiger partial charge on any atom is -0.399 e. The predicted octanol–water partition coefficient (Wildman–Crippen LogP) is 2.99. The molecule has 0 radical (unpaired) electrons. The molecule has 1 aromatic carbocycles. The Bertz CT molecular complexity index is 603. The van der Waals surface area contributed by atoms with E-state index >= 15 is 0 Å². The lowest BCUT2D eigenvalue weighted by Gasteiger charge is -2.21. The van der Waals surface area contributed by atoms with Crippen LogP contribution in [-0.2, 0) is 0 Å². The number of imidazole rings is 1. The first-order valence-electron chi connectivity index (χ1n) is 7.27. The summed E-state index contributed by atoms with van der Waals surface area (Å²) in [5, 5.41) is 3.47. The first-order chi connectivity index (χ1) is 9.28. The number of nitrogens with two attached hydrogens (primary N) is 1. The van der Waals surface area contributed by atoms with E-state index in [9.17, 15) is 0 Å². The van der Waals surface area contributed by atoms with Crippen LogP contribution in [0.15, 0.2) is 18.2 Å².